The highest BCUT2D eigenvalue weighted by Gasteiger charge is 2.40. The standard InChI is InChI=1S/C23H22F6N4O4/c24-22(25,26)15-9-14(10-16(11-15)23(27,28)29)18(12-34)37-19-17(8-13-4-2-1-3-5-13)33(6-7-36-19)20-30-21(35)32-31-20/h1-5,9-11,17-19,34H,6-8,12H2,(H2,30,31,32,35)/t17-,18+,19+/m0/s1. The molecule has 3 aromatic rings. The molecule has 2 aromatic carbocycles. The second-order valence-electron chi connectivity index (χ2n) is 8.34. The van der Waals surface area contributed by atoms with Crippen molar-refractivity contribution in [2.45, 2.75) is 37.2 Å². The normalized spacial score (nSPS) is 19.7. The number of H-pyrrole nitrogens is 2. The van der Waals surface area contributed by atoms with Crippen molar-refractivity contribution in [2.75, 3.05) is 24.7 Å². The first kappa shape index (κ1) is 26.7. The number of alkyl halides is 6. The Bertz CT molecular complexity index is 1210. The summed E-state index contributed by atoms with van der Waals surface area (Å²) >= 11 is 0. The minimum Gasteiger partial charge on any atom is -0.393 e. The molecule has 4 rings (SSSR count). The summed E-state index contributed by atoms with van der Waals surface area (Å²) in [7, 11) is 0. The number of aromatic amines is 2. The highest BCUT2D eigenvalue weighted by atomic mass is 19.4. The number of rotatable bonds is 7. The number of nitrogens with zero attached hydrogens (tertiary/aromatic N) is 2. The van der Waals surface area contributed by atoms with Gasteiger partial charge in [-0.2, -0.15) is 26.3 Å². The van der Waals surface area contributed by atoms with E-state index in [1.54, 1.807) is 23.1 Å². The fourth-order valence-electron chi connectivity index (χ4n) is 4.10. The smallest absolute Gasteiger partial charge is 0.393 e. The molecule has 0 aliphatic carbocycles. The number of halogens is 6. The van der Waals surface area contributed by atoms with Crippen molar-refractivity contribution >= 4 is 5.95 Å². The summed E-state index contributed by atoms with van der Waals surface area (Å²) in [6, 6.07) is 9.29. The van der Waals surface area contributed by atoms with E-state index in [1.807, 2.05) is 12.1 Å². The summed E-state index contributed by atoms with van der Waals surface area (Å²) in [5, 5.41) is 16.1. The molecule has 1 saturated heterocycles. The zero-order valence-corrected chi connectivity index (χ0v) is 19.0. The van der Waals surface area contributed by atoms with E-state index in [4.69, 9.17) is 9.47 Å². The van der Waals surface area contributed by atoms with Crippen LogP contribution in [0, 0.1) is 0 Å². The molecule has 0 radical (unpaired) electrons. The predicted molar refractivity (Wildman–Crippen MR) is 118 cm³/mol. The summed E-state index contributed by atoms with van der Waals surface area (Å²) in [5.74, 6) is 0.154. The van der Waals surface area contributed by atoms with Crippen LogP contribution in [0.3, 0.4) is 0 Å². The van der Waals surface area contributed by atoms with Crippen molar-refractivity contribution in [3.05, 3.63) is 81.3 Å². The molecule has 14 heteroatoms. The Morgan fingerprint density at radius 2 is 1.73 bits per heavy atom. The highest BCUT2D eigenvalue weighted by Crippen LogP contribution is 2.38. The number of aromatic nitrogens is 3. The van der Waals surface area contributed by atoms with E-state index in [2.05, 4.69) is 15.2 Å². The Morgan fingerprint density at radius 1 is 1.08 bits per heavy atom. The van der Waals surface area contributed by atoms with Gasteiger partial charge in [0.15, 0.2) is 6.29 Å². The Balaban J connectivity index is 1.69. The van der Waals surface area contributed by atoms with Gasteiger partial charge in [0.2, 0.25) is 5.95 Å². The van der Waals surface area contributed by atoms with Gasteiger partial charge in [0.25, 0.3) is 0 Å². The molecule has 1 aliphatic heterocycles. The first-order valence-electron chi connectivity index (χ1n) is 11.1. The first-order valence-corrected chi connectivity index (χ1v) is 11.1. The number of benzene rings is 2. The average Bonchev–Trinajstić information content (AvgIpc) is 3.28. The predicted octanol–water partition coefficient (Wildman–Crippen LogP) is 3.66. The number of hydrogen-bond donors (Lipinski definition) is 3. The number of nitrogens with one attached hydrogen (secondary N) is 2. The van der Waals surface area contributed by atoms with Crippen LogP contribution in [0.25, 0.3) is 0 Å². The van der Waals surface area contributed by atoms with Crippen LogP contribution in [0.15, 0.2) is 53.3 Å². The van der Waals surface area contributed by atoms with Crippen LogP contribution in [0.4, 0.5) is 32.3 Å². The van der Waals surface area contributed by atoms with Crippen molar-refractivity contribution in [3.63, 3.8) is 0 Å². The molecule has 0 saturated carbocycles. The average molecular weight is 532 g/mol. The van der Waals surface area contributed by atoms with Crippen LogP contribution in [0.5, 0.6) is 0 Å². The van der Waals surface area contributed by atoms with Crippen molar-refractivity contribution in [1.82, 2.24) is 15.2 Å². The lowest BCUT2D eigenvalue weighted by Gasteiger charge is -2.41. The fraction of sp³-hybridized carbons (Fsp3) is 0.391. The quantitative estimate of drug-likeness (QED) is 0.402. The van der Waals surface area contributed by atoms with Gasteiger partial charge in [-0.1, -0.05) is 30.3 Å². The zero-order valence-electron chi connectivity index (χ0n) is 19.0. The third-order valence-corrected chi connectivity index (χ3v) is 5.82. The molecule has 1 fully saturated rings. The fourth-order valence-corrected chi connectivity index (χ4v) is 4.10. The van der Waals surface area contributed by atoms with Crippen LogP contribution in [-0.4, -0.2) is 52.4 Å². The molecule has 8 nitrogen and oxygen atoms in total. The number of hydrogen-bond acceptors (Lipinski definition) is 6. The van der Waals surface area contributed by atoms with Crippen LogP contribution >= 0.6 is 0 Å². The maximum absolute atomic E-state index is 13.4. The summed E-state index contributed by atoms with van der Waals surface area (Å²) in [6.07, 6.45) is -12.7. The molecule has 0 spiro atoms. The lowest BCUT2D eigenvalue weighted by atomic mass is 10.0. The maximum Gasteiger partial charge on any atom is 0.416 e. The molecule has 2 heterocycles. The minimum absolute atomic E-state index is 0.00288. The third-order valence-electron chi connectivity index (χ3n) is 5.82. The Hall–Kier alpha value is -3.36. The molecule has 3 atom stereocenters. The highest BCUT2D eigenvalue weighted by molar-refractivity contribution is 5.36. The van der Waals surface area contributed by atoms with Gasteiger partial charge in [0.1, 0.15) is 6.10 Å². The summed E-state index contributed by atoms with van der Waals surface area (Å²) in [5.41, 5.74) is -3.33. The number of ether oxygens (including phenoxy) is 2. The van der Waals surface area contributed by atoms with Crippen molar-refractivity contribution < 1.29 is 40.9 Å². The summed E-state index contributed by atoms with van der Waals surface area (Å²) < 4.78 is 91.7. The Morgan fingerprint density at radius 3 is 2.27 bits per heavy atom. The molecular weight excluding hydrogens is 510 g/mol. The van der Waals surface area contributed by atoms with Crippen molar-refractivity contribution in [3.8, 4) is 0 Å². The topological polar surface area (TPSA) is 103 Å². The molecule has 3 N–H and O–H groups in total. The molecular formula is C23H22F6N4O4. The Labute approximate surface area is 205 Å². The SMILES string of the molecule is O=c1[nH]nc(N2CCO[C@H](O[C@H](CO)c3cc(C(F)(F)F)cc(C(F)(F)F)c3)[C@@H]2Cc2ccccc2)[nH]1. The van der Waals surface area contributed by atoms with E-state index in [1.165, 1.54) is 0 Å². The van der Waals surface area contributed by atoms with Crippen molar-refractivity contribution in [2.24, 2.45) is 0 Å². The number of anilines is 1. The second-order valence-corrected chi connectivity index (χ2v) is 8.34. The molecule has 0 bridgehead atoms. The molecule has 1 aromatic heterocycles. The summed E-state index contributed by atoms with van der Waals surface area (Å²) in [4.78, 5) is 15.8. The molecule has 0 unspecified atom stereocenters. The van der Waals surface area contributed by atoms with E-state index >= 15 is 0 Å². The van der Waals surface area contributed by atoms with Crippen LogP contribution in [-0.2, 0) is 28.2 Å². The largest absolute Gasteiger partial charge is 0.416 e. The molecule has 1 aliphatic rings. The van der Waals surface area contributed by atoms with Gasteiger partial charge in [-0.3, -0.25) is 4.98 Å². The second kappa shape index (κ2) is 10.6. The van der Waals surface area contributed by atoms with Gasteiger partial charge in [-0.05, 0) is 35.7 Å². The lowest BCUT2D eigenvalue weighted by molar-refractivity contribution is -0.201. The van der Waals surface area contributed by atoms with E-state index < -0.39 is 59.8 Å². The van der Waals surface area contributed by atoms with E-state index in [9.17, 15) is 36.2 Å². The number of morpholine rings is 1. The van der Waals surface area contributed by atoms with Gasteiger partial charge in [-0.15, -0.1) is 5.10 Å². The first-order chi connectivity index (χ1) is 17.5. The van der Waals surface area contributed by atoms with Gasteiger partial charge in [-0.25, -0.2) is 9.89 Å². The zero-order chi connectivity index (χ0) is 26.8. The minimum atomic E-state index is -5.06. The molecule has 37 heavy (non-hydrogen) atoms. The van der Waals surface area contributed by atoms with Gasteiger partial charge >= 0.3 is 18.0 Å². The number of aliphatic hydroxyl groups is 1. The van der Waals surface area contributed by atoms with Gasteiger partial charge < -0.3 is 19.5 Å². The Kier molecular flexibility index (Phi) is 7.62. The van der Waals surface area contributed by atoms with E-state index in [0.717, 1.165) is 5.56 Å². The molecule has 200 valence electrons. The van der Waals surface area contributed by atoms with E-state index in [-0.39, 0.29) is 31.6 Å². The lowest BCUT2D eigenvalue weighted by Crippen LogP contribution is -2.54. The molecule has 0 amide bonds. The third kappa shape index (κ3) is 6.32. The van der Waals surface area contributed by atoms with Crippen LogP contribution in [0.2, 0.25) is 0 Å². The van der Waals surface area contributed by atoms with Crippen LogP contribution < -0.4 is 10.6 Å². The van der Waals surface area contributed by atoms with E-state index in [0.29, 0.717) is 12.1 Å². The van der Waals surface area contributed by atoms with Gasteiger partial charge in [0.05, 0.1) is 30.4 Å². The maximum atomic E-state index is 13.4. The van der Waals surface area contributed by atoms with Crippen molar-refractivity contribution in [1.29, 1.82) is 0 Å². The monoisotopic (exact) mass is 532 g/mol. The van der Waals surface area contributed by atoms with Crippen LogP contribution in [0.1, 0.15) is 28.4 Å². The number of aliphatic hydroxyl groups excluding tert-OH is 1. The van der Waals surface area contributed by atoms with Gasteiger partial charge in [0, 0.05) is 6.54 Å². The summed E-state index contributed by atoms with van der Waals surface area (Å²) in [6.45, 7) is -0.626.